The van der Waals surface area contributed by atoms with Crippen LogP contribution < -0.4 is 20.9 Å². The summed E-state index contributed by atoms with van der Waals surface area (Å²) < 4.78 is 7.00. The minimum absolute atomic E-state index is 0.0334. The highest BCUT2D eigenvalue weighted by Gasteiger charge is 2.09. The van der Waals surface area contributed by atoms with Gasteiger partial charge in [0, 0.05) is 10.0 Å². The fourth-order valence-corrected chi connectivity index (χ4v) is 3.15. The Balaban J connectivity index is 1.75. The second-order valence-electron chi connectivity index (χ2n) is 5.19. The normalized spacial score (nSPS) is 9.96. The molecule has 6 nitrogen and oxygen atoms in total. The van der Waals surface area contributed by atoms with Crippen molar-refractivity contribution in [2.45, 2.75) is 6.92 Å². The first kappa shape index (κ1) is 20.3. The molecule has 0 unspecified atom stereocenters. The van der Waals surface area contributed by atoms with Crippen LogP contribution in [0, 0.1) is 6.92 Å². The molecule has 0 bridgehead atoms. The summed E-state index contributed by atoms with van der Waals surface area (Å²) >= 11 is 11.6. The van der Waals surface area contributed by atoms with Crippen LogP contribution >= 0.6 is 44.1 Å². The van der Waals surface area contributed by atoms with E-state index in [1.54, 1.807) is 30.3 Å². The molecule has 2 amide bonds. The molecule has 0 heterocycles. The maximum Gasteiger partial charge on any atom is 0.269 e. The van der Waals surface area contributed by atoms with E-state index in [0.29, 0.717) is 15.8 Å². The minimum atomic E-state index is -0.457. The number of amides is 2. The maximum absolute atomic E-state index is 11.9. The Kier molecular flexibility index (Phi) is 7.55. The molecule has 2 aromatic rings. The Hall–Kier alpha value is -1.97. The first-order valence-electron chi connectivity index (χ1n) is 7.40. The molecule has 26 heavy (non-hydrogen) atoms. The first-order valence-corrected chi connectivity index (χ1v) is 9.39. The van der Waals surface area contributed by atoms with E-state index in [0.717, 1.165) is 10.0 Å². The molecule has 2 rings (SSSR count). The summed E-state index contributed by atoms with van der Waals surface area (Å²) in [7, 11) is 0. The van der Waals surface area contributed by atoms with Gasteiger partial charge < -0.3 is 4.74 Å². The lowest BCUT2D eigenvalue weighted by molar-refractivity contribution is -0.121. The van der Waals surface area contributed by atoms with Crippen LogP contribution in [0.4, 0.5) is 0 Å². The van der Waals surface area contributed by atoms with Crippen LogP contribution in [-0.2, 0) is 4.79 Å². The number of rotatable bonds is 4. The standard InChI is InChI=1S/C17H15Br2N3O3S/c1-10-2-4-11(5-3-10)16(24)21-22-17(26)20-15(23)9-25-14-7-6-12(18)8-13(14)19/h2-8H,9H2,1H3,(H,21,24)(H2,20,22,23,26). The van der Waals surface area contributed by atoms with Gasteiger partial charge in [0.2, 0.25) is 0 Å². The number of hydrogen-bond acceptors (Lipinski definition) is 4. The van der Waals surface area contributed by atoms with Gasteiger partial charge in [0.05, 0.1) is 4.47 Å². The van der Waals surface area contributed by atoms with Gasteiger partial charge in [-0.15, -0.1) is 0 Å². The number of halogens is 2. The largest absolute Gasteiger partial charge is 0.483 e. The van der Waals surface area contributed by atoms with Crippen LogP contribution in [0.5, 0.6) is 5.75 Å². The SMILES string of the molecule is Cc1ccc(C(=O)NNC(=S)NC(=O)COc2ccc(Br)cc2Br)cc1. The zero-order valence-corrected chi connectivity index (χ0v) is 17.6. The summed E-state index contributed by atoms with van der Waals surface area (Å²) in [6.45, 7) is 1.70. The molecule has 0 radical (unpaired) electrons. The number of hydrogen-bond donors (Lipinski definition) is 3. The fourth-order valence-electron chi connectivity index (χ4n) is 1.82. The lowest BCUT2D eigenvalue weighted by Crippen LogP contribution is -2.49. The van der Waals surface area contributed by atoms with Crippen molar-refractivity contribution in [3.8, 4) is 5.75 Å². The molecule has 9 heteroatoms. The molecule has 0 spiro atoms. The van der Waals surface area contributed by atoms with Crippen LogP contribution in [-0.4, -0.2) is 23.5 Å². The highest BCUT2D eigenvalue weighted by Crippen LogP contribution is 2.27. The topological polar surface area (TPSA) is 79.5 Å². The molecular weight excluding hydrogens is 486 g/mol. The number of carbonyl (C=O) groups is 2. The Morgan fingerprint density at radius 1 is 1.08 bits per heavy atom. The summed E-state index contributed by atoms with van der Waals surface area (Å²) in [4.78, 5) is 23.8. The van der Waals surface area contributed by atoms with Crippen LogP contribution in [0.1, 0.15) is 15.9 Å². The third-order valence-electron chi connectivity index (χ3n) is 3.11. The van der Waals surface area contributed by atoms with Gasteiger partial charge >= 0.3 is 0 Å². The summed E-state index contributed by atoms with van der Waals surface area (Å²) in [6, 6.07) is 12.4. The van der Waals surface area contributed by atoms with Crippen LogP contribution in [0.15, 0.2) is 51.4 Å². The summed E-state index contributed by atoms with van der Waals surface area (Å²) in [5.74, 6) is -0.298. The molecule has 0 saturated heterocycles. The number of carbonyl (C=O) groups excluding carboxylic acids is 2. The zero-order valence-electron chi connectivity index (χ0n) is 13.6. The lowest BCUT2D eigenvalue weighted by Gasteiger charge is -2.12. The number of aryl methyl sites for hydroxylation is 1. The average Bonchev–Trinajstić information content (AvgIpc) is 2.59. The maximum atomic E-state index is 11.9. The lowest BCUT2D eigenvalue weighted by atomic mass is 10.1. The van der Waals surface area contributed by atoms with Crippen molar-refractivity contribution in [1.29, 1.82) is 0 Å². The number of hydrazine groups is 1. The molecule has 0 fully saturated rings. The van der Waals surface area contributed by atoms with Gasteiger partial charge in [0.15, 0.2) is 11.7 Å². The number of nitrogens with one attached hydrogen (secondary N) is 3. The van der Waals surface area contributed by atoms with E-state index in [1.807, 2.05) is 19.1 Å². The molecule has 0 aliphatic heterocycles. The molecule has 136 valence electrons. The Labute approximate surface area is 172 Å². The summed E-state index contributed by atoms with van der Waals surface area (Å²) in [5, 5.41) is 2.38. The average molecular weight is 501 g/mol. The summed E-state index contributed by atoms with van der Waals surface area (Å²) in [6.07, 6.45) is 0. The van der Waals surface area contributed by atoms with E-state index in [9.17, 15) is 9.59 Å². The molecular formula is C17H15Br2N3O3S. The molecule has 0 aliphatic rings. The molecule has 0 atom stereocenters. The molecule has 3 N–H and O–H groups in total. The van der Waals surface area contributed by atoms with E-state index in [1.165, 1.54) is 0 Å². The molecule has 0 aromatic heterocycles. The monoisotopic (exact) mass is 499 g/mol. The van der Waals surface area contributed by atoms with E-state index >= 15 is 0 Å². The van der Waals surface area contributed by atoms with Gasteiger partial charge in [-0.3, -0.25) is 25.8 Å². The quantitative estimate of drug-likeness (QED) is 0.443. The third kappa shape index (κ3) is 6.40. The highest BCUT2D eigenvalue weighted by atomic mass is 79.9. The van der Waals surface area contributed by atoms with Crippen LogP contribution in [0.3, 0.4) is 0 Å². The molecule has 0 aliphatic carbocycles. The highest BCUT2D eigenvalue weighted by molar-refractivity contribution is 9.11. The van der Waals surface area contributed by atoms with Gasteiger partial charge in [-0.1, -0.05) is 33.6 Å². The van der Waals surface area contributed by atoms with Gasteiger partial charge in [-0.25, -0.2) is 0 Å². The molecule has 0 saturated carbocycles. The van der Waals surface area contributed by atoms with Crippen molar-refractivity contribution in [3.05, 3.63) is 62.5 Å². The summed E-state index contributed by atoms with van der Waals surface area (Å²) in [5.41, 5.74) is 6.41. The first-order chi connectivity index (χ1) is 12.3. The van der Waals surface area contributed by atoms with Crippen molar-refractivity contribution < 1.29 is 14.3 Å². The van der Waals surface area contributed by atoms with Gasteiger partial charge in [-0.05, 0) is 65.4 Å². The van der Waals surface area contributed by atoms with Crippen LogP contribution in [0.25, 0.3) is 0 Å². The van der Waals surface area contributed by atoms with Crippen molar-refractivity contribution >= 4 is 61.0 Å². The van der Waals surface area contributed by atoms with E-state index in [-0.39, 0.29) is 17.6 Å². The number of ether oxygens (including phenoxy) is 1. The predicted octanol–water partition coefficient (Wildman–Crippen LogP) is 3.23. The molecule has 2 aromatic carbocycles. The Morgan fingerprint density at radius 2 is 1.77 bits per heavy atom. The van der Waals surface area contributed by atoms with Crippen molar-refractivity contribution in [1.82, 2.24) is 16.2 Å². The van der Waals surface area contributed by atoms with Crippen molar-refractivity contribution in [3.63, 3.8) is 0 Å². The fraction of sp³-hybridized carbons (Fsp3) is 0.118. The van der Waals surface area contributed by atoms with E-state index in [4.69, 9.17) is 17.0 Å². The van der Waals surface area contributed by atoms with Gasteiger partial charge in [0.1, 0.15) is 5.75 Å². The van der Waals surface area contributed by atoms with E-state index in [2.05, 4.69) is 48.0 Å². The minimum Gasteiger partial charge on any atom is -0.483 e. The van der Waals surface area contributed by atoms with Crippen LogP contribution in [0.2, 0.25) is 0 Å². The van der Waals surface area contributed by atoms with Crippen molar-refractivity contribution in [2.75, 3.05) is 6.61 Å². The Morgan fingerprint density at radius 3 is 2.42 bits per heavy atom. The number of thiocarbonyl (C=S) groups is 1. The second-order valence-corrected chi connectivity index (χ2v) is 7.36. The Bertz CT molecular complexity index is 829. The smallest absolute Gasteiger partial charge is 0.269 e. The van der Waals surface area contributed by atoms with E-state index < -0.39 is 5.91 Å². The third-order valence-corrected chi connectivity index (χ3v) is 4.43. The van der Waals surface area contributed by atoms with Crippen molar-refractivity contribution in [2.24, 2.45) is 0 Å². The van der Waals surface area contributed by atoms with Gasteiger partial charge in [-0.2, -0.15) is 0 Å². The second kappa shape index (κ2) is 9.65. The zero-order chi connectivity index (χ0) is 19.1. The number of benzene rings is 2. The predicted molar refractivity (Wildman–Crippen MR) is 110 cm³/mol. The van der Waals surface area contributed by atoms with Gasteiger partial charge in [0.25, 0.3) is 11.8 Å².